The van der Waals surface area contributed by atoms with Gasteiger partial charge in [0, 0.05) is 18.3 Å². The van der Waals surface area contributed by atoms with Crippen LogP contribution in [-0.4, -0.2) is 32.3 Å². The fourth-order valence-corrected chi connectivity index (χ4v) is 4.04. The van der Waals surface area contributed by atoms with Gasteiger partial charge in [-0.25, -0.2) is 8.42 Å². The monoisotopic (exact) mass is 390 g/mol. The van der Waals surface area contributed by atoms with Crippen molar-refractivity contribution in [2.75, 3.05) is 18.0 Å². The fraction of sp³-hybridized carbons (Fsp3) is 0.235. The minimum absolute atomic E-state index is 0.0313. The molecule has 0 saturated carbocycles. The number of sulfonamides is 1. The molecular formula is C17H18N4O5S. The van der Waals surface area contributed by atoms with Crippen LogP contribution < -0.4 is 15.2 Å². The van der Waals surface area contributed by atoms with Crippen LogP contribution in [0.5, 0.6) is 0 Å². The Hall–Kier alpha value is -2.98. The summed E-state index contributed by atoms with van der Waals surface area (Å²) in [6.07, 6.45) is 1.82. The van der Waals surface area contributed by atoms with Crippen LogP contribution in [0.3, 0.4) is 0 Å². The summed E-state index contributed by atoms with van der Waals surface area (Å²) in [4.78, 5) is 25.7. The number of benzene rings is 2. The molecule has 0 radical (unpaired) electrons. The van der Waals surface area contributed by atoms with Gasteiger partial charge in [0.1, 0.15) is 0 Å². The standard InChI is InChI=1S/C17H18N4O5S/c22-17(12-20-11-5-7-13-6-1-2-8-14(13)20)18-19-27(25,26)16-10-4-3-9-15(16)21(23)24/h1-4,6,8-10,19H,5,7,11-12H2,(H,18,22). The van der Waals surface area contributed by atoms with Gasteiger partial charge in [-0.15, -0.1) is 4.83 Å². The van der Waals surface area contributed by atoms with Gasteiger partial charge in [0.15, 0.2) is 4.90 Å². The van der Waals surface area contributed by atoms with Crippen molar-refractivity contribution >= 4 is 27.3 Å². The average molecular weight is 390 g/mol. The molecule has 1 heterocycles. The molecule has 0 spiro atoms. The number of hydrazine groups is 1. The average Bonchev–Trinajstić information content (AvgIpc) is 2.67. The topological polar surface area (TPSA) is 122 Å². The summed E-state index contributed by atoms with van der Waals surface area (Å²) in [6.45, 7) is 0.651. The molecule has 0 unspecified atom stereocenters. The molecule has 1 aliphatic rings. The lowest BCUT2D eigenvalue weighted by atomic mass is 10.0. The van der Waals surface area contributed by atoms with Gasteiger partial charge >= 0.3 is 0 Å². The molecule has 10 heteroatoms. The third-order valence-corrected chi connectivity index (χ3v) is 5.51. The molecule has 0 aromatic heterocycles. The van der Waals surface area contributed by atoms with Gasteiger partial charge < -0.3 is 4.90 Å². The van der Waals surface area contributed by atoms with Gasteiger partial charge in [0.05, 0.1) is 11.5 Å². The van der Waals surface area contributed by atoms with Crippen molar-refractivity contribution in [3.05, 3.63) is 64.2 Å². The minimum Gasteiger partial charge on any atom is -0.362 e. The van der Waals surface area contributed by atoms with Gasteiger partial charge in [-0.05, 0) is 30.5 Å². The predicted octanol–water partition coefficient (Wildman–Crippen LogP) is 1.36. The number of nitro groups is 1. The Kier molecular flexibility index (Phi) is 5.38. The van der Waals surface area contributed by atoms with E-state index in [1.54, 1.807) is 0 Å². The van der Waals surface area contributed by atoms with Gasteiger partial charge in [0.25, 0.3) is 21.6 Å². The van der Waals surface area contributed by atoms with Gasteiger partial charge in [-0.1, -0.05) is 30.3 Å². The highest BCUT2D eigenvalue weighted by molar-refractivity contribution is 7.89. The van der Waals surface area contributed by atoms with E-state index < -0.39 is 31.4 Å². The first-order valence-electron chi connectivity index (χ1n) is 8.25. The van der Waals surface area contributed by atoms with Gasteiger partial charge in [0.2, 0.25) is 0 Å². The zero-order valence-electron chi connectivity index (χ0n) is 14.3. The Labute approximate surface area is 156 Å². The zero-order valence-corrected chi connectivity index (χ0v) is 15.1. The van der Waals surface area contributed by atoms with E-state index in [1.165, 1.54) is 12.1 Å². The number of hydrogen-bond acceptors (Lipinski definition) is 6. The van der Waals surface area contributed by atoms with E-state index in [9.17, 15) is 23.3 Å². The number of carbonyl (C=O) groups is 1. The molecule has 0 bridgehead atoms. The number of nitrogens with zero attached hydrogens (tertiary/aromatic N) is 2. The largest absolute Gasteiger partial charge is 0.362 e. The first-order chi connectivity index (χ1) is 12.9. The van der Waals surface area contributed by atoms with Crippen LogP contribution in [0.4, 0.5) is 11.4 Å². The second-order valence-corrected chi connectivity index (χ2v) is 7.68. The molecule has 0 saturated heterocycles. The maximum atomic E-state index is 12.3. The molecule has 2 aromatic rings. The van der Waals surface area contributed by atoms with Crippen molar-refractivity contribution in [1.29, 1.82) is 0 Å². The Balaban J connectivity index is 1.67. The highest BCUT2D eigenvalue weighted by atomic mass is 32.2. The van der Waals surface area contributed by atoms with Crippen LogP contribution in [0.15, 0.2) is 53.4 Å². The molecule has 0 aliphatic carbocycles. The highest BCUT2D eigenvalue weighted by Crippen LogP contribution is 2.26. The smallest absolute Gasteiger partial charge is 0.289 e. The molecule has 1 aliphatic heterocycles. The Morgan fingerprint density at radius 2 is 1.85 bits per heavy atom. The van der Waals surface area contributed by atoms with Crippen molar-refractivity contribution in [3.8, 4) is 0 Å². The summed E-state index contributed by atoms with van der Waals surface area (Å²) < 4.78 is 24.6. The second-order valence-electron chi connectivity index (χ2n) is 6.03. The third-order valence-electron chi connectivity index (χ3n) is 4.22. The number of carbonyl (C=O) groups excluding carboxylic acids is 1. The lowest BCUT2D eigenvalue weighted by Crippen LogP contribution is -2.47. The molecule has 27 heavy (non-hydrogen) atoms. The van der Waals surface area contributed by atoms with E-state index in [0.29, 0.717) is 6.54 Å². The molecular weight excluding hydrogens is 372 g/mol. The Bertz CT molecular complexity index is 977. The van der Waals surface area contributed by atoms with Crippen molar-refractivity contribution in [3.63, 3.8) is 0 Å². The number of aryl methyl sites for hydroxylation is 1. The number of rotatable bonds is 6. The summed E-state index contributed by atoms with van der Waals surface area (Å²) in [6, 6.07) is 12.7. The Morgan fingerprint density at radius 3 is 2.63 bits per heavy atom. The number of hydrogen-bond donors (Lipinski definition) is 2. The first kappa shape index (κ1) is 18.8. The lowest BCUT2D eigenvalue weighted by Gasteiger charge is -2.30. The number of amides is 1. The number of nitro benzene ring substituents is 1. The maximum Gasteiger partial charge on any atom is 0.289 e. The maximum absolute atomic E-state index is 12.3. The van der Waals surface area contributed by atoms with E-state index in [-0.39, 0.29) is 6.54 Å². The van der Waals surface area contributed by atoms with Crippen molar-refractivity contribution in [1.82, 2.24) is 10.3 Å². The van der Waals surface area contributed by atoms with Crippen molar-refractivity contribution in [2.24, 2.45) is 0 Å². The van der Waals surface area contributed by atoms with E-state index in [0.717, 1.165) is 36.2 Å². The molecule has 0 fully saturated rings. The third kappa shape index (κ3) is 4.23. The molecule has 1 amide bonds. The fourth-order valence-electron chi connectivity index (χ4n) is 3.00. The van der Waals surface area contributed by atoms with Crippen LogP contribution in [0.1, 0.15) is 12.0 Å². The van der Waals surface area contributed by atoms with Crippen LogP contribution in [0.2, 0.25) is 0 Å². The highest BCUT2D eigenvalue weighted by Gasteiger charge is 2.26. The quantitative estimate of drug-likeness (QED) is 0.567. The number of para-hydroxylation sites is 2. The van der Waals surface area contributed by atoms with Crippen LogP contribution in [-0.2, 0) is 21.2 Å². The predicted molar refractivity (Wildman–Crippen MR) is 98.5 cm³/mol. The summed E-state index contributed by atoms with van der Waals surface area (Å²) in [5.41, 5.74) is 3.64. The molecule has 9 nitrogen and oxygen atoms in total. The number of fused-ring (bicyclic) bond motifs is 1. The molecule has 0 atom stereocenters. The molecule has 142 valence electrons. The lowest BCUT2D eigenvalue weighted by molar-refractivity contribution is -0.387. The van der Waals surface area contributed by atoms with Crippen LogP contribution >= 0.6 is 0 Å². The van der Waals surface area contributed by atoms with E-state index in [2.05, 4.69) is 5.43 Å². The zero-order chi connectivity index (χ0) is 19.4. The summed E-state index contributed by atoms with van der Waals surface area (Å²) >= 11 is 0. The minimum atomic E-state index is -4.27. The van der Waals surface area contributed by atoms with Crippen LogP contribution in [0.25, 0.3) is 0 Å². The second kappa shape index (κ2) is 7.72. The van der Waals surface area contributed by atoms with Gasteiger partial charge in [-0.2, -0.15) is 0 Å². The van der Waals surface area contributed by atoms with E-state index in [1.807, 2.05) is 34.0 Å². The van der Waals surface area contributed by atoms with Crippen LogP contribution in [0, 0.1) is 10.1 Å². The SMILES string of the molecule is O=C(CN1CCCc2ccccc21)NNS(=O)(=O)c1ccccc1[N+](=O)[O-]. The first-order valence-corrected chi connectivity index (χ1v) is 9.74. The molecule has 2 aromatic carbocycles. The van der Waals surface area contributed by atoms with Crippen molar-refractivity contribution in [2.45, 2.75) is 17.7 Å². The summed E-state index contributed by atoms with van der Waals surface area (Å²) in [5.74, 6) is -0.561. The summed E-state index contributed by atoms with van der Waals surface area (Å²) in [7, 11) is -4.27. The van der Waals surface area contributed by atoms with E-state index in [4.69, 9.17) is 0 Å². The number of nitrogens with one attached hydrogen (secondary N) is 2. The molecule has 3 rings (SSSR count). The normalized spacial score (nSPS) is 13.7. The Morgan fingerprint density at radius 1 is 1.15 bits per heavy atom. The van der Waals surface area contributed by atoms with Gasteiger partial charge in [-0.3, -0.25) is 20.3 Å². The number of anilines is 1. The molecule has 2 N–H and O–H groups in total. The van der Waals surface area contributed by atoms with E-state index >= 15 is 0 Å². The summed E-state index contributed by atoms with van der Waals surface area (Å²) in [5, 5.41) is 11.0. The van der Waals surface area contributed by atoms with Crippen molar-refractivity contribution < 1.29 is 18.1 Å².